The molecule has 0 spiro atoms. The lowest BCUT2D eigenvalue weighted by atomic mass is 10.2. The van der Waals surface area contributed by atoms with Gasteiger partial charge in [0, 0.05) is 17.6 Å². The largest absolute Gasteiger partial charge is 0.301 e. The van der Waals surface area contributed by atoms with E-state index in [-0.39, 0.29) is 11.4 Å². The Bertz CT molecular complexity index is 477. The Kier molecular flexibility index (Phi) is 4.52. The lowest BCUT2D eigenvalue weighted by Crippen LogP contribution is -1.98. The minimum atomic E-state index is -0.709. The lowest BCUT2D eigenvalue weighted by molar-refractivity contribution is -0.393. The van der Waals surface area contributed by atoms with Gasteiger partial charge in [-0.2, -0.15) is 5.10 Å². The number of benzene rings is 1. The first-order chi connectivity index (χ1) is 8.06. The van der Waals surface area contributed by atoms with Crippen LogP contribution in [0.15, 0.2) is 23.3 Å². The maximum Gasteiger partial charge on any atom is 0.301 e. The molecule has 0 bridgehead atoms. The summed E-state index contributed by atoms with van der Waals surface area (Å²) in [5.41, 5.74) is 1.79. The van der Waals surface area contributed by atoms with Crippen molar-refractivity contribution in [2.75, 3.05) is 10.8 Å². The van der Waals surface area contributed by atoms with Crippen LogP contribution < -0.4 is 5.43 Å². The monoisotopic (exact) mass is 302 g/mol. The number of nitrogens with one attached hydrogen (secondary N) is 1. The average molecular weight is 303 g/mol. The van der Waals surface area contributed by atoms with E-state index in [2.05, 4.69) is 26.5 Å². The number of rotatable bonds is 5. The predicted octanol–water partition coefficient (Wildman–Crippen LogP) is 2.30. The van der Waals surface area contributed by atoms with Gasteiger partial charge in [-0.3, -0.25) is 25.7 Å². The molecule has 9 heteroatoms. The van der Waals surface area contributed by atoms with Crippen molar-refractivity contribution in [1.82, 2.24) is 0 Å². The van der Waals surface area contributed by atoms with Crippen LogP contribution >= 0.6 is 15.9 Å². The Labute approximate surface area is 104 Å². The molecule has 0 aliphatic heterocycles. The van der Waals surface area contributed by atoms with E-state index in [9.17, 15) is 20.2 Å². The summed E-state index contributed by atoms with van der Waals surface area (Å²) in [5, 5.41) is 25.4. The molecule has 8 nitrogen and oxygen atoms in total. The first kappa shape index (κ1) is 13.0. The zero-order valence-corrected chi connectivity index (χ0v) is 9.96. The van der Waals surface area contributed by atoms with Gasteiger partial charge in [-0.05, 0) is 6.07 Å². The average Bonchev–Trinajstić information content (AvgIpc) is 2.29. The van der Waals surface area contributed by atoms with E-state index in [0.29, 0.717) is 5.33 Å². The first-order valence-electron chi connectivity index (χ1n) is 4.32. The van der Waals surface area contributed by atoms with Gasteiger partial charge in [0.2, 0.25) is 0 Å². The van der Waals surface area contributed by atoms with E-state index in [1.807, 2.05) is 0 Å². The first-order valence-corrected chi connectivity index (χ1v) is 5.44. The minimum absolute atomic E-state index is 0.0952. The van der Waals surface area contributed by atoms with Crippen LogP contribution in [0.1, 0.15) is 0 Å². The molecule has 0 aliphatic carbocycles. The summed E-state index contributed by atoms with van der Waals surface area (Å²) in [4.78, 5) is 19.8. The molecule has 0 unspecified atom stereocenters. The molecule has 1 aromatic carbocycles. The SMILES string of the molecule is O=[N+]([O-])c1ccc(N/N=C\CBr)c([N+](=O)[O-])c1. The number of hydrogen-bond donors (Lipinski definition) is 1. The molecule has 0 radical (unpaired) electrons. The van der Waals surface area contributed by atoms with Crippen molar-refractivity contribution in [3.05, 3.63) is 38.4 Å². The van der Waals surface area contributed by atoms with Gasteiger partial charge < -0.3 is 0 Å². The van der Waals surface area contributed by atoms with Gasteiger partial charge in [0.1, 0.15) is 5.69 Å². The second kappa shape index (κ2) is 5.89. The lowest BCUT2D eigenvalue weighted by Gasteiger charge is -2.01. The zero-order valence-electron chi connectivity index (χ0n) is 8.37. The van der Waals surface area contributed by atoms with Crippen molar-refractivity contribution in [2.24, 2.45) is 5.10 Å². The number of hydrazone groups is 1. The summed E-state index contributed by atoms with van der Waals surface area (Å²) in [6.45, 7) is 0. The highest BCUT2D eigenvalue weighted by atomic mass is 79.9. The van der Waals surface area contributed by atoms with Gasteiger partial charge >= 0.3 is 5.69 Å². The maximum absolute atomic E-state index is 10.7. The van der Waals surface area contributed by atoms with Crippen molar-refractivity contribution in [3.63, 3.8) is 0 Å². The summed E-state index contributed by atoms with van der Waals surface area (Å²) in [7, 11) is 0. The number of nitro benzene ring substituents is 2. The van der Waals surface area contributed by atoms with Crippen LogP contribution in [0.4, 0.5) is 17.1 Å². The van der Waals surface area contributed by atoms with Gasteiger partial charge in [0.05, 0.1) is 15.9 Å². The van der Waals surface area contributed by atoms with Crippen LogP contribution in [-0.4, -0.2) is 21.4 Å². The van der Waals surface area contributed by atoms with E-state index in [0.717, 1.165) is 6.07 Å². The minimum Gasteiger partial charge on any atom is -0.272 e. The smallest absolute Gasteiger partial charge is 0.272 e. The zero-order chi connectivity index (χ0) is 12.8. The fourth-order valence-electron chi connectivity index (χ4n) is 1.03. The maximum atomic E-state index is 10.7. The van der Waals surface area contributed by atoms with Crippen LogP contribution in [0.2, 0.25) is 0 Å². The number of anilines is 1. The quantitative estimate of drug-likeness (QED) is 0.388. The van der Waals surface area contributed by atoms with Crippen molar-refractivity contribution >= 4 is 39.2 Å². The Balaban J connectivity index is 3.08. The third kappa shape index (κ3) is 3.48. The van der Waals surface area contributed by atoms with Crippen LogP contribution in [0, 0.1) is 20.2 Å². The highest BCUT2D eigenvalue weighted by Crippen LogP contribution is 2.28. The van der Waals surface area contributed by atoms with Gasteiger partial charge in [-0.15, -0.1) is 0 Å². The Morgan fingerprint density at radius 1 is 1.35 bits per heavy atom. The number of nitro groups is 2. The number of nitrogens with zero attached hydrogens (tertiary/aromatic N) is 3. The van der Waals surface area contributed by atoms with Crippen molar-refractivity contribution in [3.8, 4) is 0 Å². The van der Waals surface area contributed by atoms with Gasteiger partial charge in [-0.25, -0.2) is 0 Å². The van der Waals surface area contributed by atoms with E-state index < -0.39 is 15.5 Å². The molecule has 0 atom stereocenters. The van der Waals surface area contributed by atoms with E-state index >= 15 is 0 Å². The second-order valence-electron chi connectivity index (χ2n) is 2.79. The Morgan fingerprint density at radius 2 is 2.06 bits per heavy atom. The number of hydrogen-bond acceptors (Lipinski definition) is 6. The molecule has 1 aromatic rings. The molecule has 0 amide bonds. The fraction of sp³-hybridized carbons (Fsp3) is 0.125. The molecule has 0 aliphatic rings. The predicted molar refractivity (Wildman–Crippen MR) is 65.7 cm³/mol. The summed E-state index contributed by atoms with van der Waals surface area (Å²) >= 11 is 3.09. The number of halogens is 1. The van der Waals surface area contributed by atoms with Crippen molar-refractivity contribution < 1.29 is 9.85 Å². The number of non-ortho nitro benzene ring substituents is 1. The molecule has 0 aromatic heterocycles. The highest BCUT2D eigenvalue weighted by Gasteiger charge is 2.18. The van der Waals surface area contributed by atoms with E-state index in [4.69, 9.17) is 0 Å². The molecule has 0 saturated carbocycles. The fourth-order valence-corrected chi connectivity index (χ4v) is 1.17. The summed E-state index contributed by atoms with van der Waals surface area (Å²) in [5.74, 6) is 0. The molecular weight excluding hydrogens is 296 g/mol. The number of alkyl halides is 1. The standard InChI is InChI=1S/C8H7BrN4O4/c9-3-4-10-11-7-2-1-6(12(14)15)5-8(7)13(16)17/h1-2,4-5,11H,3H2/b10-4-. The molecule has 17 heavy (non-hydrogen) atoms. The molecule has 90 valence electrons. The Morgan fingerprint density at radius 3 is 2.59 bits per heavy atom. The second-order valence-corrected chi connectivity index (χ2v) is 3.44. The van der Waals surface area contributed by atoms with Gasteiger partial charge in [0.25, 0.3) is 5.69 Å². The summed E-state index contributed by atoms with van der Waals surface area (Å²) < 4.78 is 0. The summed E-state index contributed by atoms with van der Waals surface area (Å²) in [6, 6.07) is 3.28. The Hall–Kier alpha value is -2.03. The molecule has 0 fully saturated rings. The van der Waals surface area contributed by atoms with E-state index in [1.54, 1.807) is 0 Å². The van der Waals surface area contributed by atoms with Crippen LogP contribution in [0.3, 0.4) is 0 Å². The molecule has 0 heterocycles. The molecule has 1 N–H and O–H groups in total. The molecule has 0 saturated heterocycles. The normalized spacial score (nSPS) is 10.4. The third-order valence-corrected chi connectivity index (χ3v) is 2.02. The third-order valence-electron chi connectivity index (χ3n) is 1.73. The van der Waals surface area contributed by atoms with Crippen molar-refractivity contribution in [1.29, 1.82) is 0 Å². The van der Waals surface area contributed by atoms with Crippen LogP contribution in [0.5, 0.6) is 0 Å². The van der Waals surface area contributed by atoms with Crippen LogP contribution in [0.25, 0.3) is 0 Å². The van der Waals surface area contributed by atoms with Crippen molar-refractivity contribution in [2.45, 2.75) is 0 Å². The van der Waals surface area contributed by atoms with E-state index in [1.165, 1.54) is 18.3 Å². The highest BCUT2D eigenvalue weighted by molar-refractivity contribution is 9.09. The molecule has 1 rings (SSSR count). The topological polar surface area (TPSA) is 111 Å². The molecular formula is C8H7BrN4O4. The van der Waals surface area contributed by atoms with Crippen LogP contribution in [-0.2, 0) is 0 Å². The summed E-state index contributed by atoms with van der Waals surface area (Å²) in [6.07, 6.45) is 1.45. The van der Waals surface area contributed by atoms with Gasteiger partial charge in [0.15, 0.2) is 0 Å². The van der Waals surface area contributed by atoms with Gasteiger partial charge in [-0.1, -0.05) is 15.9 Å².